The topological polar surface area (TPSA) is 58.2 Å². The van der Waals surface area contributed by atoms with Crippen molar-refractivity contribution in [3.05, 3.63) is 29.8 Å². The molecule has 1 aromatic carbocycles. The third-order valence-electron chi connectivity index (χ3n) is 3.87. The van der Waals surface area contributed by atoms with Gasteiger partial charge < -0.3 is 10.6 Å². The van der Waals surface area contributed by atoms with Gasteiger partial charge in [-0.1, -0.05) is 25.3 Å². The Kier molecular flexibility index (Phi) is 5.63. The molecule has 0 heterocycles. The minimum atomic E-state index is -4.46. The Morgan fingerprint density at radius 1 is 1.13 bits per heavy atom. The van der Waals surface area contributed by atoms with E-state index in [-0.39, 0.29) is 24.1 Å². The lowest BCUT2D eigenvalue weighted by molar-refractivity contribution is -0.137. The average Bonchev–Trinajstić information content (AvgIpc) is 2.53. The van der Waals surface area contributed by atoms with Crippen LogP contribution < -0.4 is 10.6 Å². The third kappa shape index (κ3) is 5.26. The van der Waals surface area contributed by atoms with Crippen LogP contribution in [0.25, 0.3) is 0 Å². The second-order valence-corrected chi connectivity index (χ2v) is 5.68. The van der Waals surface area contributed by atoms with Crippen LogP contribution in [0.1, 0.15) is 37.7 Å². The van der Waals surface area contributed by atoms with Gasteiger partial charge in [-0.05, 0) is 31.0 Å². The molecule has 1 aliphatic rings. The maximum absolute atomic E-state index is 12.6. The largest absolute Gasteiger partial charge is 0.416 e. The smallest absolute Gasteiger partial charge is 0.347 e. The highest BCUT2D eigenvalue weighted by Gasteiger charge is 2.30. The van der Waals surface area contributed by atoms with E-state index in [0.29, 0.717) is 0 Å². The van der Waals surface area contributed by atoms with Crippen LogP contribution in [-0.4, -0.2) is 18.4 Å². The Hall–Kier alpha value is -2.05. The predicted molar refractivity (Wildman–Crippen MR) is 79.7 cm³/mol. The number of carbonyl (C=O) groups is 2. The molecule has 2 N–H and O–H groups in total. The zero-order valence-electron chi connectivity index (χ0n) is 12.6. The minimum Gasteiger partial charge on any atom is -0.347 e. The molecule has 4 nitrogen and oxygen atoms in total. The van der Waals surface area contributed by atoms with Crippen molar-refractivity contribution in [1.82, 2.24) is 5.32 Å². The van der Waals surface area contributed by atoms with Crippen LogP contribution in [0, 0.1) is 5.92 Å². The van der Waals surface area contributed by atoms with E-state index in [2.05, 4.69) is 10.6 Å². The number of carbonyl (C=O) groups excluding carboxylic acids is 2. The second-order valence-electron chi connectivity index (χ2n) is 5.68. The summed E-state index contributed by atoms with van der Waals surface area (Å²) in [7, 11) is 0. The van der Waals surface area contributed by atoms with Gasteiger partial charge in [0, 0.05) is 11.6 Å². The van der Waals surface area contributed by atoms with Gasteiger partial charge in [-0.3, -0.25) is 9.59 Å². The fourth-order valence-electron chi connectivity index (χ4n) is 2.65. The summed E-state index contributed by atoms with van der Waals surface area (Å²) in [5, 5.41) is 4.90. The van der Waals surface area contributed by atoms with Gasteiger partial charge in [0.1, 0.15) is 0 Å². The number of amides is 2. The fourth-order valence-corrected chi connectivity index (χ4v) is 2.65. The van der Waals surface area contributed by atoms with Crippen LogP contribution in [0.5, 0.6) is 0 Å². The Morgan fingerprint density at radius 3 is 2.48 bits per heavy atom. The number of hydrogen-bond acceptors (Lipinski definition) is 2. The Balaban J connectivity index is 1.84. The van der Waals surface area contributed by atoms with Crippen molar-refractivity contribution in [1.29, 1.82) is 0 Å². The van der Waals surface area contributed by atoms with E-state index in [1.54, 1.807) is 0 Å². The zero-order valence-corrected chi connectivity index (χ0v) is 12.6. The van der Waals surface area contributed by atoms with E-state index in [0.717, 1.165) is 44.2 Å². The highest BCUT2D eigenvalue weighted by molar-refractivity contribution is 5.94. The quantitative estimate of drug-likeness (QED) is 0.890. The highest BCUT2D eigenvalue weighted by atomic mass is 19.4. The number of hydrogen-bond donors (Lipinski definition) is 2. The first-order valence-corrected chi connectivity index (χ1v) is 7.61. The molecule has 0 bridgehead atoms. The van der Waals surface area contributed by atoms with E-state index in [4.69, 9.17) is 0 Å². The number of anilines is 1. The van der Waals surface area contributed by atoms with Gasteiger partial charge >= 0.3 is 6.18 Å². The van der Waals surface area contributed by atoms with Crippen LogP contribution in [-0.2, 0) is 15.8 Å². The van der Waals surface area contributed by atoms with Crippen molar-refractivity contribution < 1.29 is 22.8 Å². The maximum atomic E-state index is 12.6. The van der Waals surface area contributed by atoms with Crippen molar-refractivity contribution in [3.63, 3.8) is 0 Å². The predicted octanol–water partition coefficient (Wildman–Crippen LogP) is 3.34. The maximum Gasteiger partial charge on any atom is 0.416 e. The molecular weight excluding hydrogens is 309 g/mol. The molecule has 2 amide bonds. The SMILES string of the molecule is O=C(CNC(=O)C1CCCCC1)Nc1cccc(C(F)(F)F)c1. The summed E-state index contributed by atoms with van der Waals surface area (Å²) in [5.74, 6) is -0.775. The molecule has 0 saturated heterocycles. The molecule has 23 heavy (non-hydrogen) atoms. The minimum absolute atomic E-state index is 0.0525. The fraction of sp³-hybridized carbons (Fsp3) is 0.500. The molecule has 0 aromatic heterocycles. The van der Waals surface area contributed by atoms with Crippen molar-refractivity contribution in [2.24, 2.45) is 5.92 Å². The standard InChI is InChI=1S/C16H19F3N2O2/c17-16(18,19)12-7-4-8-13(9-12)21-14(22)10-20-15(23)11-5-2-1-3-6-11/h4,7-9,11H,1-3,5-6,10H2,(H,20,23)(H,21,22). The molecule has 0 unspecified atom stereocenters. The van der Waals surface area contributed by atoms with Gasteiger partial charge in [0.05, 0.1) is 12.1 Å². The van der Waals surface area contributed by atoms with E-state index >= 15 is 0 Å². The number of rotatable bonds is 4. The zero-order chi connectivity index (χ0) is 16.9. The molecule has 7 heteroatoms. The molecule has 1 fully saturated rings. The first-order chi connectivity index (χ1) is 10.9. The van der Waals surface area contributed by atoms with Crippen LogP contribution in [0.2, 0.25) is 0 Å². The molecule has 0 radical (unpaired) electrons. The number of alkyl halides is 3. The number of halogens is 3. The van der Waals surface area contributed by atoms with Crippen molar-refractivity contribution in [2.75, 3.05) is 11.9 Å². The molecule has 126 valence electrons. The molecule has 0 atom stereocenters. The molecule has 1 saturated carbocycles. The van der Waals surface area contributed by atoms with Gasteiger partial charge in [-0.25, -0.2) is 0 Å². The van der Waals surface area contributed by atoms with Gasteiger partial charge in [0.25, 0.3) is 0 Å². The third-order valence-corrected chi connectivity index (χ3v) is 3.87. The second kappa shape index (κ2) is 7.48. The normalized spacial score (nSPS) is 16.0. The van der Waals surface area contributed by atoms with Gasteiger partial charge in [0.2, 0.25) is 11.8 Å². The first kappa shape index (κ1) is 17.3. The van der Waals surface area contributed by atoms with Crippen LogP contribution >= 0.6 is 0 Å². The van der Waals surface area contributed by atoms with Crippen molar-refractivity contribution in [3.8, 4) is 0 Å². The summed E-state index contributed by atoms with van der Waals surface area (Å²) in [6.45, 7) is -0.244. The van der Waals surface area contributed by atoms with Crippen LogP contribution in [0.15, 0.2) is 24.3 Å². The summed E-state index contributed by atoms with van der Waals surface area (Å²) in [6.07, 6.45) is 0.320. The van der Waals surface area contributed by atoms with Crippen LogP contribution in [0.3, 0.4) is 0 Å². The van der Waals surface area contributed by atoms with E-state index in [1.807, 2.05) is 0 Å². The molecule has 0 aliphatic heterocycles. The van der Waals surface area contributed by atoms with Gasteiger partial charge in [0.15, 0.2) is 0 Å². The molecule has 1 aromatic rings. The number of benzene rings is 1. The first-order valence-electron chi connectivity index (χ1n) is 7.61. The summed E-state index contributed by atoms with van der Waals surface area (Å²) in [5.41, 5.74) is -0.779. The van der Waals surface area contributed by atoms with E-state index in [9.17, 15) is 22.8 Å². The summed E-state index contributed by atoms with van der Waals surface area (Å²) in [6, 6.07) is 4.39. The van der Waals surface area contributed by atoms with E-state index < -0.39 is 17.6 Å². The summed E-state index contributed by atoms with van der Waals surface area (Å²) in [4.78, 5) is 23.7. The molecular formula is C16H19F3N2O2. The lowest BCUT2D eigenvalue weighted by atomic mass is 9.89. The molecule has 0 spiro atoms. The van der Waals surface area contributed by atoms with Gasteiger partial charge in [-0.15, -0.1) is 0 Å². The number of nitrogens with one attached hydrogen (secondary N) is 2. The highest BCUT2D eigenvalue weighted by Crippen LogP contribution is 2.30. The summed E-state index contributed by atoms with van der Waals surface area (Å²) < 4.78 is 37.8. The Labute approximate surface area is 132 Å². The lowest BCUT2D eigenvalue weighted by Gasteiger charge is -2.20. The Bertz CT molecular complexity index is 567. The average molecular weight is 328 g/mol. The molecule has 2 rings (SSSR count). The monoisotopic (exact) mass is 328 g/mol. The summed E-state index contributed by atoms with van der Waals surface area (Å²) >= 11 is 0. The molecule has 1 aliphatic carbocycles. The Morgan fingerprint density at radius 2 is 1.83 bits per heavy atom. The van der Waals surface area contributed by atoms with Gasteiger partial charge in [-0.2, -0.15) is 13.2 Å². The van der Waals surface area contributed by atoms with Crippen LogP contribution in [0.4, 0.5) is 18.9 Å². The lowest BCUT2D eigenvalue weighted by Crippen LogP contribution is -2.37. The van der Waals surface area contributed by atoms with E-state index in [1.165, 1.54) is 12.1 Å². The van der Waals surface area contributed by atoms with Crippen molar-refractivity contribution >= 4 is 17.5 Å². The van der Waals surface area contributed by atoms with Crippen molar-refractivity contribution in [2.45, 2.75) is 38.3 Å².